The van der Waals surface area contributed by atoms with Crippen LogP contribution in [-0.4, -0.2) is 29.9 Å². The first kappa shape index (κ1) is 13.1. The summed E-state index contributed by atoms with van der Waals surface area (Å²) in [5.74, 6) is 0.802. The summed E-state index contributed by atoms with van der Waals surface area (Å²) in [4.78, 5) is 16.5. The highest BCUT2D eigenvalue weighted by Crippen LogP contribution is 2.18. The van der Waals surface area contributed by atoms with Gasteiger partial charge in [-0.05, 0) is 39.4 Å². The Morgan fingerprint density at radius 3 is 2.95 bits per heavy atom. The molecule has 0 bridgehead atoms. The summed E-state index contributed by atoms with van der Waals surface area (Å²) in [5, 5.41) is 18.0. The van der Waals surface area contributed by atoms with E-state index in [0.29, 0.717) is 16.7 Å². The molecule has 110 valence electrons. The van der Waals surface area contributed by atoms with E-state index in [4.69, 9.17) is 4.52 Å². The van der Waals surface area contributed by atoms with Crippen molar-refractivity contribution in [3.63, 3.8) is 0 Å². The number of hydrogen-bond donors (Lipinski definition) is 0. The maximum Gasteiger partial charge on any atom is 0.369 e. The highest BCUT2D eigenvalue weighted by atomic mass is 32.1. The van der Waals surface area contributed by atoms with Crippen molar-refractivity contribution in [3.8, 4) is 16.4 Å². The van der Waals surface area contributed by atoms with Crippen LogP contribution in [0.1, 0.15) is 5.89 Å². The fourth-order valence-electron chi connectivity index (χ4n) is 1.86. The summed E-state index contributed by atoms with van der Waals surface area (Å²) in [6.45, 7) is 0.0847. The molecule has 10 heteroatoms. The molecule has 0 atom stereocenters. The van der Waals surface area contributed by atoms with E-state index in [2.05, 4.69) is 20.6 Å². The Hall–Kier alpha value is -2.59. The number of rotatable bonds is 4. The molecule has 0 unspecified atom stereocenters. The molecular weight excluding hydrogens is 324 g/mol. The van der Waals surface area contributed by atoms with Gasteiger partial charge in [0, 0.05) is 10.9 Å². The number of tetrazole rings is 1. The van der Waals surface area contributed by atoms with E-state index < -0.39 is 0 Å². The first-order valence-corrected chi connectivity index (χ1v) is 8.05. The van der Waals surface area contributed by atoms with E-state index in [1.165, 1.54) is 20.7 Å². The van der Waals surface area contributed by atoms with Crippen LogP contribution in [0.3, 0.4) is 0 Å². The topological polar surface area (TPSA) is 91.6 Å². The predicted molar refractivity (Wildman–Crippen MR) is 80.2 cm³/mol. The lowest BCUT2D eigenvalue weighted by molar-refractivity contribution is 0.363. The average Bonchev–Trinajstić information content (AvgIpc) is 3.27. The molecule has 0 saturated heterocycles. The largest absolute Gasteiger partial charge is 0.369 e. The molecule has 4 aromatic rings. The zero-order chi connectivity index (χ0) is 14.9. The second kappa shape index (κ2) is 5.31. The van der Waals surface area contributed by atoms with Gasteiger partial charge < -0.3 is 4.52 Å². The Balaban J connectivity index is 1.61. The van der Waals surface area contributed by atoms with Crippen molar-refractivity contribution in [2.24, 2.45) is 0 Å². The van der Waals surface area contributed by atoms with Crippen molar-refractivity contribution in [3.05, 3.63) is 50.7 Å². The molecule has 0 aliphatic carbocycles. The third-order valence-corrected chi connectivity index (χ3v) is 4.41. The highest BCUT2D eigenvalue weighted by molar-refractivity contribution is 7.12. The van der Waals surface area contributed by atoms with Crippen molar-refractivity contribution in [2.45, 2.75) is 6.54 Å². The fraction of sp³-hybridized carbons (Fsp3) is 0.0833. The van der Waals surface area contributed by atoms with Gasteiger partial charge in [0.25, 0.3) is 0 Å². The van der Waals surface area contributed by atoms with Gasteiger partial charge in [0.15, 0.2) is 0 Å². The zero-order valence-electron chi connectivity index (χ0n) is 11.0. The first-order valence-electron chi connectivity index (χ1n) is 6.23. The van der Waals surface area contributed by atoms with Crippen LogP contribution in [0.15, 0.2) is 43.7 Å². The Morgan fingerprint density at radius 2 is 2.18 bits per heavy atom. The number of nitrogens with zero attached hydrogens (tertiary/aromatic N) is 6. The second-order valence-corrected chi connectivity index (χ2v) is 6.01. The van der Waals surface area contributed by atoms with Gasteiger partial charge in [0.2, 0.25) is 11.7 Å². The van der Waals surface area contributed by atoms with Crippen LogP contribution in [0, 0.1) is 0 Å². The molecule has 0 amide bonds. The standard InChI is InChI=1S/C12H8N6O2S2/c19-12-17(15-16-18(12)10-2-1-4-22-10)6-9-13-11(14-20-9)8-3-5-21-7-8/h1-5,7H,6H2. The fourth-order valence-corrected chi connectivity index (χ4v) is 3.16. The van der Waals surface area contributed by atoms with Crippen molar-refractivity contribution in [1.82, 2.24) is 29.9 Å². The quantitative estimate of drug-likeness (QED) is 0.564. The van der Waals surface area contributed by atoms with Gasteiger partial charge in [-0.25, -0.2) is 4.79 Å². The lowest BCUT2D eigenvalue weighted by atomic mass is 10.3. The molecule has 4 aromatic heterocycles. The summed E-state index contributed by atoms with van der Waals surface area (Å²) >= 11 is 2.96. The normalized spacial score (nSPS) is 11.1. The average molecular weight is 332 g/mol. The van der Waals surface area contributed by atoms with Crippen LogP contribution in [0.25, 0.3) is 16.4 Å². The summed E-state index contributed by atoms with van der Waals surface area (Å²) in [7, 11) is 0. The number of aromatic nitrogens is 6. The summed E-state index contributed by atoms with van der Waals surface area (Å²) in [5.41, 5.74) is 0.535. The Bertz CT molecular complexity index is 935. The van der Waals surface area contributed by atoms with Gasteiger partial charge >= 0.3 is 5.69 Å². The molecule has 0 radical (unpaired) electrons. The van der Waals surface area contributed by atoms with Crippen molar-refractivity contribution >= 4 is 22.7 Å². The van der Waals surface area contributed by atoms with E-state index in [0.717, 1.165) is 5.56 Å². The van der Waals surface area contributed by atoms with Gasteiger partial charge in [-0.1, -0.05) is 5.16 Å². The lowest BCUT2D eigenvalue weighted by Gasteiger charge is -1.92. The maximum absolute atomic E-state index is 12.2. The molecule has 8 nitrogen and oxygen atoms in total. The number of thiophene rings is 2. The van der Waals surface area contributed by atoms with Crippen molar-refractivity contribution in [1.29, 1.82) is 0 Å². The Labute approximate surface area is 131 Å². The third kappa shape index (κ3) is 2.27. The van der Waals surface area contributed by atoms with E-state index in [-0.39, 0.29) is 12.2 Å². The van der Waals surface area contributed by atoms with E-state index in [1.807, 2.05) is 28.3 Å². The first-order chi connectivity index (χ1) is 10.8. The van der Waals surface area contributed by atoms with E-state index in [9.17, 15) is 4.79 Å². The molecule has 0 aromatic carbocycles. The van der Waals surface area contributed by atoms with E-state index in [1.54, 1.807) is 17.4 Å². The van der Waals surface area contributed by atoms with Gasteiger partial charge in [-0.3, -0.25) is 0 Å². The minimum atomic E-state index is -0.349. The molecule has 0 N–H and O–H groups in total. The molecule has 0 saturated carbocycles. The molecule has 0 aliphatic heterocycles. The van der Waals surface area contributed by atoms with Gasteiger partial charge in [-0.15, -0.1) is 11.3 Å². The molecular formula is C12H8N6O2S2. The predicted octanol–water partition coefficient (Wildman–Crippen LogP) is 1.65. The maximum atomic E-state index is 12.2. The SMILES string of the molecule is O=c1n(Cc2nc(-c3ccsc3)no2)nnn1-c1cccs1. The molecule has 0 fully saturated rings. The summed E-state index contributed by atoms with van der Waals surface area (Å²) < 4.78 is 7.58. The third-order valence-electron chi connectivity index (χ3n) is 2.89. The van der Waals surface area contributed by atoms with Crippen LogP contribution in [-0.2, 0) is 6.54 Å². The van der Waals surface area contributed by atoms with Crippen LogP contribution in [0.5, 0.6) is 0 Å². The smallest absolute Gasteiger partial charge is 0.337 e. The van der Waals surface area contributed by atoms with Crippen LogP contribution < -0.4 is 5.69 Å². The van der Waals surface area contributed by atoms with Crippen LogP contribution >= 0.6 is 22.7 Å². The van der Waals surface area contributed by atoms with Crippen molar-refractivity contribution in [2.75, 3.05) is 0 Å². The van der Waals surface area contributed by atoms with Crippen LogP contribution in [0.2, 0.25) is 0 Å². The zero-order valence-corrected chi connectivity index (χ0v) is 12.6. The summed E-state index contributed by atoms with van der Waals surface area (Å²) in [6, 6.07) is 5.54. The van der Waals surface area contributed by atoms with E-state index >= 15 is 0 Å². The highest BCUT2D eigenvalue weighted by Gasteiger charge is 2.14. The second-order valence-electron chi connectivity index (χ2n) is 4.31. The lowest BCUT2D eigenvalue weighted by Crippen LogP contribution is -2.24. The minimum Gasteiger partial charge on any atom is -0.337 e. The van der Waals surface area contributed by atoms with Gasteiger partial charge in [0.05, 0.1) is 0 Å². The molecule has 4 rings (SSSR count). The Kier molecular flexibility index (Phi) is 3.16. The van der Waals surface area contributed by atoms with Crippen LogP contribution in [0.4, 0.5) is 0 Å². The molecule has 4 heterocycles. The monoisotopic (exact) mass is 332 g/mol. The van der Waals surface area contributed by atoms with Gasteiger partial charge in [-0.2, -0.15) is 25.7 Å². The summed E-state index contributed by atoms with van der Waals surface area (Å²) in [6.07, 6.45) is 0. The number of hydrogen-bond acceptors (Lipinski definition) is 8. The van der Waals surface area contributed by atoms with Crippen molar-refractivity contribution < 1.29 is 4.52 Å². The molecule has 0 aliphatic rings. The minimum absolute atomic E-state index is 0.0847. The molecule has 0 spiro atoms. The van der Waals surface area contributed by atoms with Gasteiger partial charge in [0.1, 0.15) is 11.5 Å². The Morgan fingerprint density at radius 1 is 1.23 bits per heavy atom. The molecule has 22 heavy (non-hydrogen) atoms.